The van der Waals surface area contributed by atoms with E-state index in [2.05, 4.69) is 53.2 Å². The first-order chi connectivity index (χ1) is 44.7. The molecule has 0 aromatic rings. The number of nitrogens with one attached hydrogen (secondary N) is 10. The summed E-state index contributed by atoms with van der Waals surface area (Å²) < 4.78 is 11.0. The smallest absolute Gasteiger partial charge is 0.329 e. The van der Waals surface area contributed by atoms with Gasteiger partial charge in [0, 0.05) is 67.1 Å². The van der Waals surface area contributed by atoms with Crippen LogP contribution in [0.2, 0.25) is 0 Å². The number of hydrogen-bond acceptors (Lipinski definition) is 16. The quantitative estimate of drug-likeness (QED) is 0.0766. The van der Waals surface area contributed by atoms with Gasteiger partial charge in [0.05, 0.1) is 0 Å². The Balaban J connectivity index is 4.09. The average Bonchev–Trinajstić information content (AvgIpc) is 0.853. The maximum absolute atomic E-state index is 14.8. The van der Waals surface area contributed by atoms with Crippen LogP contribution in [-0.2, 0) is 76.6 Å². The molecule has 0 spiro atoms. The molecule has 1 fully saturated rings. The van der Waals surface area contributed by atoms with E-state index in [1.807, 2.05) is 48.5 Å². The third-order valence-corrected chi connectivity index (χ3v) is 17.0. The Morgan fingerprint density at radius 3 is 1.47 bits per heavy atom. The maximum Gasteiger partial charge on any atom is 0.329 e. The summed E-state index contributed by atoms with van der Waals surface area (Å²) in [6.07, 6.45) is -1.46. The second-order valence-corrected chi connectivity index (χ2v) is 27.9. The topological polar surface area (TPSA) is 387 Å². The zero-order valence-electron chi connectivity index (χ0n) is 61.3. The van der Waals surface area contributed by atoms with Crippen LogP contribution < -0.4 is 53.2 Å². The van der Waals surface area contributed by atoms with Gasteiger partial charge in [-0.25, -0.2) is 4.79 Å². The highest BCUT2D eigenvalue weighted by atomic mass is 16.5. The van der Waals surface area contributed by atoms with Crippen molar-refractivity contribution in [2.45, 2.75) is 243 Å². The number of nitrogens with zero attached hydrogens (tertiary/aromatic N) is 3. The van der Waals surface area contributed by atoms with Gasteiger partial charge in [0.2, 0.25) is 76.8 Å². The van der Waals surface area contributed by atoms with E-state index in [9.17, 15) is 67.1 Å². The number of carbonyl (C=O) groups excluding carboxylic acids is 14. The van der Waals surface area contributed by atoms with Gasteiger partial charge >= 0.3 is 5.97 Å². The highest BCUT2D eigenvalue weighted by Crippen LogP contribution is 2.22. The van der Waals surface area contributed by atoms with Crippen LogP contribution in [0.4, 0.5) is 0 Å². The molecule has 0 radical (unpaired) electrons. The Hall–Kier alpha value is -7.46. The van der Waals surface area contributed by atoms with Gasteiger partial charge in [0.15, 0.2) is 0 Å². The first kappa shape index (κ1) is 86.6. The van der Waals surface area contributed by atoms with Gasteiger partial charge in [-0.2, -0.15) is 0 Å². The molecule has 1 heterocycles. The number of carbonyl (C=O) groups is 14. The predicted molar refractivity (Wildman–Crippen MR) is 361 cm³/mol. The minimum Gasteiger partial charge on any atom is -0.458 e. The molecule has 1 aliphatic heterocycles. The minimum atomic E-state index is -1.73. The van der Waals surface area contributed by atoms with Gasteiger partial charge in [0.25, 0.3) is 0 Å². The second-order valence-electron chi connectivity index (χ2n) is 27.9. The first-order valence-corrected chi connectivity index (χ1v) is 34.1. The Morgan fingerprint density at radius 2 is 1.03 bits per heavy atom. The molecule has 0 aromatic carbocycles. The Labute approximate surface area is 569 Å². The lowest BCUT2D eigenvalue weighted by atomic mass is 9.95. The fraction of sp³-hybridized carbons (Fsp3) is 0.791. The van der Waals surface area contributed by atoms with Crippen LogP contribution in [0.5, 0.6) is 0 Å². The molecule has 29 nitrogen and oxygen atoms in total. The number of rotatable bonds is 20. The summed E-state index contributed by atoms with van der Waals surface area (Å²) >= 11 is 0. The van der Waals surface area contributed by atoms with Crippen molar-refractivity contribution in [3.8, 4) is 0 Å². The number of likely N-dealkylation sites (N-methyl/N-ethyl adjacent to an activating group) is 3. The molecule has 29 heteroatoms. The Morgan fingerprint density at radius 1 is 0.573 bits per heavy atom. The molecule has 0 saturated carbocycles. The first-order valence-electron chi connectivity index (χ1n) is 34.1. The van der Waals surface area contributed by atoms with Crippen molar-refractivity contribution in [2.24, 2.45) is 47.3 Å². The second kappa shape index (κ2) is 42.3. The SMILES string of the molecule is CC[C@H](C)[C@H]1NC(=O)CCNC(=O)C(C(C)C)N(C)C(=O)[C@@H](CC(C)C)NC(=O)CCNC(=O)[C@@H](NC(=O)[C@@H](CC(C)C)N(C)C(=O)[C@@H](NC(=O)COC)C(C)C)[C@@H](C)OC(=O)[C@@H]([C@@H](C)CC)N(C)C(=O)C(CC(C)C)NC(=O)CCNC(=O)[C@H](C)NC(=O)C(C(C)C)NC1=O. The Kier molecular flexibility index (Phi) is 38.1. The molecule has 3 unspecified atom stereocenters. The fourth-order valence-corrected chi connectivity index (χ4v) is 11.1. The summed E-state index contributed by atoms with van der Waals surface area (Å²) in [5.41, 5.74) is 0. The summed E-state index contributed by atoms with van der Waals surface area (Å²) in [6, 6.07) is -12.3. The molecule has 1 aliphatic rings. The average molecular weight is 1360 g/mol. The zero-order chi connectivity index (χ0) is 73.8. The van der Waals surface area contributed by atoms with E-state index in [1.165, 1.54) is 51.9 Å². The van der Waals surface area contributed by atoms with Crippen molar-refractivity contribution in [1.29, 1.82) is 0 Å². The van der Waals surface area contributed by atoms with Gasteiger partial charge in [-0.05, 0) is 80.5 Å². The summed E-state index contributed by atoms with van der Waals surface area (Å²) in [4.78, 5) is 200. The highest BCUT2D eigenvalue weighted by Gasteiger charge is 2.42. The van der Waals surface area contributed by atoms with Crippen LogP contribution in [0.25, 0.3) is 0 Å². The monoisotopic (exact) mass is 1360 g/mol. The third-order valence-electron chi connectivity index (χ3n) is 17.0. The fourth-order valence-electron chi connectivity index (χ4n) is 11.1. The lowest BCUT2D eigenvalue weighted by Gasteiger charge is -2.36. The van der Waals surface area contributed by atoms with E-state index in [1.54, 1.807) is 62.3 Å². The third kappa shape index (κ3) is 28.3. The number of cyclic esters (lactones) is 1. The van der Waals surface area contributed by atoms with Crippen LogP contribution in [0.3, 0.4) is 0 Å². The van der Waals surface area contributed by atoms with Crippen LogP contribution in [0.1, 0.15) is 176 Å². The van der Waals surface area contributed by atoms with Gasteiger partial charge in [-0.3, -0.25) is 62.3 Å². The molecule has 1 saturated heterocycles. The number of methoxy groups -OCH3 is 1. The van der Waals surface area contributed by atoms with Gasteiger partial charge in [-0.15, -0.1) is 0 Å². The molecule has 548 valence electrons. The van der Waals surface area contributed by atoms with Crippen molar-refractivity contribution in [3.63, 3.8) is 0 Å². The van der Waals surface area contributed by atoms with E-state index in [4.69, 9.17) is 9.47 Å². The van der Waals surface area contributed by atoms with Gasteiger partial charge in [0.1, 0.15) is 73.1 Å². The summed E-state index contributed by atoms with van der Waals surface area (Å²) in [5.74, 6) is -12.8. The number of esters is 1. The molecule has 10 N–H and O–H groups in total. The maximum atomic E-state index is 14.8. The van der Waals surface area contributed by atoms with E-state index in [0.29, 0.717) is 12.8 Å². The van der Waals surface area contributed by atoms with Gasteiger partial charge in [-0.1, -0.05) is 124 Å². The number of hydrogen-bond donors (Lipinski definition) is 10. The van der Waals surface area contributed by atoms with Crippen LogP contribution in [-0.4, -0.2) is 218 Å². The van der Waals surface area contributed by atoms with Crippen LogP contribution in [0.15, 0.2) is 0 Å². The molecule has 13 atom stereocenters. The molecule has 13 amide bonds. The summed E-state index contributed by atoms with van der Waals surface area (Å²) in [6.45, 7) is 29.8. The van der Waals surface area contributed by atoms with Gasteiger partial charge < -0.3 is 77.3 Å². The molecular formula is C67H119N13O16. The summed E-state index contributed by atoms with van der Waals surface area (Å²) in [5, 5.41) is 26.9. The van der Waals surface area contributed by atoms with E-state index in [-0.39, 0.29) is 76.1 Å². The predicted octanol–water partition coefficient (Wildman–Crippen LogP) is 1.19. The lowest BCUT2D eigenvalue weighted by molar-refractivity contribution is -0.163. The normalized spacial score (nSPS) is 24.7. The Bertz CT molecular complexity index is 2640. The van der Waals surface area contributed by atoms with Crippen molar-refractivity contribution >= 4 is 82.8 Å². The summed E-state index contributed by atoms with van der Waals surface area (Å²) in [7, 11) is 5.50. The van der Waals surface area contributed by atoms with Crippen molar-refractivity contribution in [2.75, 3.05) is 54.5 Å². The molecule has 96 heavy (non-hydrogen) atoms. The molecule has 0 bridgehead atoms. The molecule has 1 rings (SSSR count). The van der Waals surface area contributed by atoms with Crippen LogP contribution >= 0.6 is 0 Å². The molecule has 0 aromatic heterocycles. The molecule has 0 aliphatic carbocycles. The minimum absolute atomic E-state index is 0.0605. The van der Waals surface area contributed by atoms with Crippen LogP contribution in [0, 0.1) is 47.3 Å². The lowest BCUT2D eigenvalue weighted by Crippen LogP contribution is -2.61. The van der Waals surface area contributed by atoms with Crippen molar-refractivity contribution in [3.05, 3.63) is 0 Å². The number of amides is 13. The number of ether oxygens (including phenoxy) is 2. The largest absolute Gasteiger partial charge is 0.458 e. The zero-order valence-corrected chi connectivity index (χ0v) is 61.3. The van der Waals surface area contributed by atoms with E-state index >= 15 is 0 Å². The molecular weight excluding hydrogens is 1240 g/mol. The van der Waals surface area contributed by atoms with Crippen molar-refractivity contribution in [1.82, 2.24) is 67.9 Å². The highest BCUT2D eigenvalue weighted by molar-refractivity contribution is 5.97. The van der Waals surface area contributed by atoms with E-state index < -0.39 is 185 Å². The standard InChI is InChI=1S/C67H119N13O16/c1-23-41(15)54-62(89)76-52(38(9)10)61(88)71-43(17)58(85)68-28-25-48(81)73-46(32-36(5)6)65(92)80(21)57(42(16)24-2)67(94)96-44(18)55(77-59(86)47(33-37(7)8)78(19)66(93)53(39(11)12)75-51(84)34-95-22)60(87)69-29-26-49(82)72-45(31-35(3)4)64(91)79(20)56(40(13)14)63(90)70-30-27-50(83)74-54/h35-47,52-57H,23-34H2,1-22H3,(H,68,85)(H,69,87)(H,70,90)(H,71,88)(H,72,82)(H,73,81)(H,74,83)(H,75,84)(H,76,89)(H,77,86)/t41-,42-,43-,44+,45+,46?,47+,52?,53-,54+,55-,56?,57+/m0/s1. The van der Waals surface area contributed by atoms with Crippen molar-refractivity contribution < 1.29 is 76.6 Å². The van der Waals surface area contributed by atoms with E-state index in [0.717, 1.165) is 4.90 Å².